The number of rotatable bonds is 1. The van der Waals surface area contributed by atoms with Crippen molar-refractivity contribution in [1.29, 1.82) is 0 Å². The molecule has 0 spiro atoms. The van der Waals surface area contributed by atoms with Crippen molar-refractivity contribution in [1.82, 2.24) is 10.6 Å². The van der Waals surface area contributed by atoms with Gasteiger partial charge in [-0.3, -0.25) is 0 Å². The van der Waals surface area contributed by atoms with Gasteiger partial charge in [0, 0.05) is 6.04 Å². The van der Waals surface area contributed by atoms with E-state index in [4.69, 9.17) is 4.74 Å². The number of fused-ring (bicyclic) bond motifs is 4. The van der Waals surface area contributed by atoms with Crippen molar-refractivity contribution in [2.75, 3.05) is 13.1 Å². The summed E-state index contributed by atoms with van der Waals surface area (Å²) >= 11 is 0. The van der Waals surface area contributed by atoms with Crippen molar-refractivity contribution in [3.05, 3.63) is 0 Å². The Morgan fingerprint density at radius 3 is 2.76 bits per heavy atom. The third kappa shape index (κ3) is 3.60. The quantitative estimate of drug-likeness (QED) is 0.736. The van der Waals surface area contributed by atoms with E-state index in [9.17, 15) is 4.79 Å². The summed E-state index contributed by atoms with van der Waals surface area (Å²) in [5.41, 5.74) is -0.411. The zero-order valence-corrected chi connectivity index (χ0v) is 11.1. The van der Waals surface area contributed by atoms with E-state index in [2.05, 4.69) is 10.6 Å². The molecule has 0 aromatic rings. The Kier molecular flexibility index (Phi) is 3.61. The van der Waals surface area contributed by atoms with Crippen LogP contribution in [0.3, 0.4) is 0 Å². The van der Waals surface area contributed by atoms with E-state index in [0.29, 0.717) is 17.9 Å². The minimum absolute atomic E-state index is 0.268. The van der Waals surface area contributed by atoms with Gasteiger partial charge in [0.2, 0.25) is 0 Å². The summed E-state index contributed by atoms with van der Waals surface area (Å²) in [6, 6.07) is 0.290. The zero-order chi connectivity index (χ0) is 12.5. The Morgan fingerprint density at radius 1 is 1.29 bits per heavy atom. The van der Waals surface area contributed by atoms with Gasteiger partial charge in [-0.15, -0.1) is 0 Å². The lowest BCUT2D eigenvalue weighted by Gasteiger charge is -2.33. The number of ether oxygens (including phenoxy) is 1. The Bertz CT molecular complexity index is 282. The molecule has 1 saturated carbocycles. The van der Waals surface area contributed by atoms with E-state index in [1.165, 1.54) is 12.8 Å². The summed E-state index contributed by atoms with van der Waals surface area (Å²) in [6.45, 7) is 7.81. The van der Waals surface area contributed by atoms with Gasteiger partial charge in [-0.05, 0) is 65.0 Å². The van der Waals surface area contributed by atoms with Crippen LogP contribution in [0.25, 0.3) is 0 Å². The number of hydrogen-bond acceptors (Lipinski definition) is 3. The summed E-state index contributed by atoms with van der Waals surface area (Å²) in [4.78, 5) is 11.8. The van der Waals surface area contributed by atoms with Crippen LogP contribution in [0.4, 0.5) is 4.79 Å². The third-order valence-corrected chi connectivity index (χ3v) is 3.64. The SMILES string of the molecule is CC(C)(C)OC(=O)N[C@H]1C[C@H]2CC[C@@H]1CNC2. The molecular formula is C13H24N2O2. The summed E-state index contributed by atoms with van der Waals surface area (Å²) in [6.07, 6.45) is 3.34. The molecule has 0 radical (unpaired) electrons. The molecule has 2 heterocycles. The lowest BCUT2D eigenvalue weighted by atomic mass is 9.80. The third-order valence-electron chi connectivity index (χ3n) is 3.64. The van der Waals surface area contributed by atoms with Crippen LogP contribution in [-0.2, 0) is 4.74 Å². The molecule has 1 amide bonds. The van der Waals surface area contributed by atoms with E-state index < -0.39 is 5.60 Å². The minimum Gasteiger partial charge on any atom is -0.444 e. The van der Waals surface area contributed by atoms with Crippen molar-refractivity contribution in [2.45, 2.75) is 51.7 Å². The van der Waals surface area contributed by atoms with Crippen molar-refractivity contribution in [3.63, 3.8) is 0 Å². The van der Waals surface area contributed by atoms with E-state index in [1.54, 1.807) is 0 Å². The number of amides is 1. The molecule has 3 aliphatic rings. The molecule has 2 saturated heterocycles. The van der Waals surface area contributed by atoms with Gasteiger partial charge in [-0.2, -0.15) is 0 Å². The molecule has 0 aromatic carbocycles. The van der Waals surface area contributed by atoms with Crippen molar-refractivity contribution in [2.24, 2.45) is 11.8 Å². The molecular weight excluding hydrogens is 216 g/mol. The van der Waals surface area contributed by atoms with Crippen molar-refractivity contribution >= 4 is 6.09 Å². The molecule has 2 N–H and O–H groups in total. The fourth-order valence-electron chi connectivity index (χ4n) is 2.86. The van der Waals surface area contributed by atoms with Crippen molar-refractivity contribution < 1.29 is 9.53 Å². The zero-order valence-electron chi connectivity index (χ0n) is 11.1. The molecule has 3 rings (SSSR count). The van der Waals surface area contributed by atoms with Gasteiger partial charge in [0.1, 0.15) is 5.60 Å². The second-order valence-corrected chi connectivity index (χ2v) is 6.35. The molecule has 2 bridgehead atoms. The summed E-state index contributed by atoms with van der Waals surface area (Å²) in [5.74, 6) is 1.29. The summed E-state index contributed by atoms with van der Waals surface area (Å²) in [5, 5.41) is 6.51. The minimum atomic E-state index is -0.411. The molecule has 1 aliphatic carbocycles. The first-order chi connectivity index (χ1) is 7.94. The fraction of sp³-hybridized carbons (Fsp3) is 0.923. The summed E-state index contributed by atoms with van der Waals surface area (Å²) < 4.78 is 5.32. The molecule has 0 aromatic heterocycles. The smallest absolute Gasteiger partial charge is 0.407 e. The highest BCUT2D eigenvalue weighted by molar-refractivity contribution is 5.68. The van der Waals surface area contributed by atoms with Crippen LogP contribution in [-0.4, -0.2) is 30.8 Å². The lowest BCUT2D eigenvalue weighted by molar-refractivity contribution is 0.0465. The second-order valence-electron chi connectivity index (χ2n) is 6.35. The number of nitrogens with one attached hydrogen (secondary N) is 2. The van der Waals surface area contributed by atoms with E-state index in [0.717, 1.165) is 19.5 Å². The van der Waals surface area contributed by atoms with Crippen LogP contribution in [0.1, 0.15) is 40.0 Å². The Morgan fingerprint density at radius 2 is 2.06 bits per heavy atom. The van der Waals surface area contributed by atoms with Crippen molar-refractivity contribution in [3.8, 4) is 0 Å². The molecule has 4 nitrogen and oxygen atoms in total. The monoisotopic (exact) mass is 240 g/mol. The van der Waals surface area contributed by atoms with Crippen LogP contribution in [0, 0.1) is 11.8 Å². The lowest BCUT2D eigenvalue weighted by Crippen LogP contribution is -2.46. The van der Waals surface area contributed by atoms with Crippen LogP contribution in [0.5, 0.6) is 0 Å². The first-order valence-corrected chi connectivity index (χ1v) is 6.64. The number of hydrogen-bond donors (Lipinski definition) is 2. The maximum atomic E-state index is 11.8. The number of carbonyl (C=O) groups excluding carboxylic acids is 1. The van der Waals surface area contributed by atoms with Gasteiger partial charge >= 0.3 is 6.09 Å². The first kappa shape index (κ1) is 12.7. The highest BCUT2D eigenvalue weighted by Crippen LogP contribution is 2.31. The fourth-order valence-corrected chi connectivity index (χ4v) is 2.86. The molecule has 0 unspecified atom stereocenters. The second kappa shape index (κ2) is 4.84. The van der Waals surface area contributed by atoms with Gasteiger partial charge in [0.15, 0.2) is 0 Å². The van der Waals surface area contributed by atoms with Gasteiger partial charge in [-0.1, -0.05) is 0 Å². The molecule has 3 fully saturated rings. The Balaban J connectivity index is 1.88. The average molecular weight is 240 g/mol. The molecule has 3 atom stereocenters. The maximum Gasteiger partial charge on any atom is 0.407 e. The predicted octanol–water partition coefficient (Wildman–Crippen LogP) is 1.90. The summed E-state index contributed by atoms with van der Waals surface area (Å²) in [7, 11) is 0. The highest BCUT2D eigenvalue weighted by atomic mass is 16.6. The Labute approximate surface area is 103 Å². The highest BCUT2D eigenvalue weighted by Gasteiger charge is 2.34. The maximum absolute atomic E-state index is 11.8. The van der Waals surface area contributed by atoms with Crippen LogP contribution in [0.2, 0.25) is 0 Å². The predicted molar refractivity (Wildman–Crippen MR) is 66.9 cm³/mol. The van der Waals surface area contributed by atoms with Gasteiger partial charge in [0.25, 0.3) is 0 Å². The molecule has 4 heteroatoms. The number of alkyl carbamates (subject to hydrolysis) is 1. The van der Waals surface area contributed by atoms with E-state index in [-0.39, 0.29) is 6.09 Å². The largest absolute Gasteiger partial charge is 0.444 e. The molecule has 17 heavy (non-hydrogen) atoms. The number of carbonyl (C=O) groups is 1. The Hall–Kier alpha value is -0.770. The van der Waals surface area contributed by atoms with Crippen LogP contribution >= 0.6 is 0 Å². The standard InChI is InChI=1S/C13H24N2O2/c1-13(2,3)17-12(16)15-11-6-9-4-5-10(11)8-14-7-9/h9-11,14H,4-8H2,1-3H3,(H,15,16)/t9-,10-,11+/m1/s1. The van der Waals surface area contributed by atoms with Crippen LogP contribution in [0.15, 0.2) is 0 Å². The van der Waals surface area contributed by atoms with Gasteiger partial charge in [0.05, 0.1) is 0 Å². The molecule has 2 aliphatic heterocycles. The van der Waals surface area contributed by atoms with Gasteiger partial charge < -0.3 is 15.4 Å². The van der Waals surface area contributed by atoms with Gasteiger partial charge in [-0.25, -0.2) is 4.79 Å². The van der Waals surface area contributed by atoms with Crippen LogP contribution < -0.4 is 10.6 Å². The van der Waals surface area contributed by atoms with E-state index >= 15 is 0 Å². The topological polar surface area (TPSA) is 50.4 Å². The normalized spacial score (nSPS) is 33.0. The molecule has 98 valence electrons. The van der Waals surface area contributed by atoms with E-state index in [1.807, 2.05) is 20.8 Å². The average Bonchev–Trinajstić information content (AvgIpc) is 2.48. The first-order valence-electron chi connectivity index (χ1n) is 6.64.